The van der Waals surface area contributed by atoms with Crippen molar-refractivity contribution in [2.24, 2.45) is 0 Å². The van der Waals surface area contributed by atoms with E-state index in [2.05, 4.69) is 264 Å². The first-order chi connectivity index (χ1) is 31.3. The second-order valence-corrected chi connectivity index (χ2v) is 16.5. The number of rotatable bonds is 8. The van der Waals surface area contributed by atoms with Crippen molar-refractivity contribution in [1.82, 2.24) is 4.57 Å². The second-order valence-electron chi connectivity index (χ2n) is 16.5. The fourth-order valence-electron chi connectivity index (χ4n) is 10.3. The molecule has 10 aromatic carbocycles. The number of aromatic nitrogens is 1. The van der Waals surface area contributed by atoms with Gasteiger partial charge in [-0.1, -0.05) is 200 Å². The molecule has 0 N–H and O–H groups in total. The van der Waals surface area contributed by atoms with Crippen LogP contribution >= 0.6 is 0 Å². The van der Waals surface area contributed by atoms with E-state index < -0.39 is 5.41 Å². The zero-order valence-corrected chi connectivity index (χ0v) is 34.6. The molecule has 296 valence electrons. The molecule has 0 saturated carbocycles. The quantitative estimate of drug-likeness (QED) is 0.149. The number of fused-ring (bicyclic) bond motifs is 6. The predicted molar refractivity (Wildman–Crippen MR) is 264 cm³/mol. The van der Waals surface area contributed by atoms with Gasteiger partial charge in [-0.05, 0) is 110 Å². The predicted octanol–water partition coefficient (Wildman–Crippen LogP) is 16.0. The Hall–Kier alpha value is -8.20. The van der Waals surface area contributed by atoms with Crippen LogP contribution in [0.5, 0.6) is 0 Å². The van der Waals surface area contributed by atoms with E-state index in [9.17, 15) is 0 Å². The van der Waals surface area contributed by atoms with Gasteiger partial charge in [0.1, 0.15) is 0 Å². The van der Waals surface area contributed by atoms with Gasteiger partial charge < -0.3 is 9.47 Å². The first-order valence-electron chi connectivity index (χ1n) is 21.8. The Morgan fingerprint density at radius 3 is 1.49 bits per heavy atom. The Morgan fingerprint density at radius 2 is 0.794 bits per heavy atom. The molecular weight excluding hydrogens is 761 g/mol. The van der Waals surface area contributed by atoms with Crippen molar-refractivity contribution in [3.05, 3.63) is 277 Å². The van der Waals surface area contributed by atoms with E-state index in [0.29, 0.717) is 0 Å². The summed E-state index contributed by atoms with van der Waals surface area (Å²) in [7, 11) is 0. The third-order valence-electron chi connectivity index (χ3n) is 13.1. The number of hydrogen-bond donors (Lipinski definition) is 0. The molecule has 1 unspecified atom stereocenters. The smallest absolute Gasteiger partial charge is 0.0714 e. The Morgan fingerprint density at radius 1 is 0.302 bits per heavy atom. The second kappa shape index (κ2) is 15.1. The van der Waals surface area contributed by atoms with Crippen LogP contribution < -0.4 is 4.90 Å². The molecule has 0 amide bonds. The van der Waals surface area contributed by atoms with Crippen LogP contribution in [0.4, 0.5) is 17.1 Å². The summed E-state index contributed by atoms with van der Waals surface area (Å²) in [5.74, 6) is 0. The standard InChI is InChI=1S/C61H42N2/c1-5-17-43(18-6-1)45-29-33-48(34-30-45)61(47-21-9-3-10-22-47)57-27-15-13-25-53(57)54-39-37-51(41-58(54)61)62(49-23-11-4-12-24-49)52-38-40-56-55-26-14-16-28-59(55)63(60(56)42-52)50-35-31-46(32-36-50)44-19-7-2-8-20-44/h1-42H. The highest BCUT2D eigenvalue weighted by Crippen LogP contribution is 2.57. The van der Waals surface area contributed by atoms with E-state index in [1.54, 1.807) is 0 Å². The zero-order valence-electron chi connectivity index (χ0n) is 34.6. The lowest BCUT2D eigenvalue weighted by Gasteiger charge is -2.35. The van der Waals surface area contributed by atoms with Gasteiger partial charge in [0.2, 0.25) is 0 Å². The van der Waals surface area contributed by atoms with Crippen LogP contribution in [0.1, 0.15) is 22.3 Å². The van der Waals surface area contributed by atoms with Crippen LogP contribution in [0.3, 0.4) is 0 Å². The van der Waals surface area contributed by atoms with E-state index in [0.717, 1.165) is 28.3 Å². The van der Waals surface area contributed by atoms with Crippen molar-refractivity contribution in [2.75, 3.05) is 4.90 Å². The summed E-state index contributed by atoms with van der Waals surface area (Å²) in [6, 6.07) is 93.3. The fraction of sp³-hybridized carbons (Fsp3) is 0.0164. The molecule has 0 radical (unpaired) electrons. The van der Waals surface area contributed by atoms with Gasteiger partial charge in [-0.15, -0.1) is 0 Å². The van der Waals surface area contributed by atoms with Crippen molar-refractivity contribution in [2.45, 2.75) is 5.41 Å². The minimum Gasteiger partial charge on any atom is -0.310 e. The fourth-order valence-corrected chi connectivity index (χ4v) is 10.3. The highest BCUT2D eigenvalue weighted by Gasteiger charge is 2.46. The Balaban J connectivity index is 1.06. The Labute approximate surface area is 368 Å². The third-order valence-corrected chi connectivity index (χ3v) is 13.1. The lowest BCUT2D eigenvalue weighted by atomic mass is 9.67. The summed E-state index contributed by atoms with van der Waals surface area (Å²) in [4.78, 5) is 2.43. The molecule has 1 aromatic heterocycles. The molecule has 0 spiro atoms. The number of para-hydroxylation sites is 2. The maximum Gasteiger partial charge on any atom is 0.0714 e. The van der Waals surface area contributed by atoms with Gasteiger partial charge in [-0.25, -0.2) is 0 Å². The van der Waals surface area contributed by atoms with Gasteiger partial charge in [0, 0.05) is 33.5 Å². The topological polar surface area (TPSA) is 8.17 Å². The minimum absolute atomic E-state index is 0.553. The first kappa shape index (κ1) is 36.6. The number of benzene rings is 10. The molecular formula is C61H42N2. The van der Waals surface area contributed by atoms with Gasteiger partial charge in [0.25, 0.3) is 0 Å². The summed E-state index contributed by atoms with van der Waals surface area (Å²) in [6.45, 7) is 0. The molecule has 0 saturated heterocycles. The van der Waals surface area contributed by atoms with Gasteiger partial charge in [0.15, 0.2) is 0 Å². The van der Waals surface area contributed by atoms with Gasteiger partial charge in [0.05, 0.1) is 16.4 Å². The molecule has 12 rings (SSSR count). The molecule has 2 nitrogen and oxygen atoms in total. The molecule has 0 aliphatic heterocycles. The summed E-state index contributed by atoms with van der Waals surface area (Å²) in [5, 5.41) is 2.46. The van der Waals surface area contributed by atoms with Crippen LogP contribution in [0.2, 0.25) is 0 Å². The van der Waals surface area contributed by atoms with Gasteiger partial charge in [-0.2, -0.15) is 0 Å². The molecule has 1 aliphatic rings. The van der Waals surface area contributed by atoms with Crippen molar-refractivity contribution < 1.29 is 0 Å². The maximum atomic E-state index is 2.46. The number of hydrogen-bond acceptors (Lipinski definition) is 1. The zero-order chi connectivity index (χ0) is 41.7. The summed E-state index contributed by atoms with van der Waals surface area (Å²) < 4.78 is 2.42. The van der Waals surface area contributed by atoms with Crippen molar-refractivity contribution in [3.8, 4) is 39.1 Å². The maximum absolute atomic E-state index is 2.46. The lowest BCUT2D eigenvalue weighted by Crippen LogP contribution is -2.28. The average molecular weight is 803 g/mol. The van der Waals surface area contributed by atoms with Crippen LogP contribution in [-0.4, -0.2) is 4.57 Å². The highest BCUT2D eigenvalue weighted by atomic mass is 15.1. The molecule has 1 atom stereocenters. The molecule has 0 fully saturated rings. The highest BCUT2D eigenvalue weighted by molar-refractivity contribution is 6.10. The molecule has 2 heteroatoms. The van der Waals surface area contributed by atoms with Gasteiger partial charge >= 0.3 is 0 Å². The van der Waals surface area contributed by atoms with Crippen LogP contribution in [-0.2, 0) is 5.41 Å². The van der Waals surface area contributed by atoms with E-state index >= 15 is 0 Å². The number of anilines is 3. The molecule has 1 aliphatic carbocycles. The van der Waals surface area contributed by atoms with Crippen LogP contribution in [0, 0.1) is 0 Å². The molecule has 0 bridgehead atoms. The molecule has 63 heavy (non-hydrogen) atoms. The van der Waals surface area contributed by atoms with E-state index in [4.69, 9.17) is 0 Å². The Kier molecular flexibility index (Phi) is 8.76. The summed E-state index contributed by atoms with van der Waals surface area (Å²) in [6.07, 6.45) is 0. The third kappa shape index (κ3) is 5.95. The van der Waals surface area contributed by atoms with Crippen molar-refractivity contribution >= 4 is 38.9 Å². The van der Waals surface area contributed by atoms with E-state index in [1.165, 1.54) is 71.9 Å². The van der Waals surface area contributed by atoms with Gasteiger partial charge in [-0.3, -0.25) is 0 Å². The van der Waals surface area contributed by atoms with Crippen LogP contribution in [0.15, 0.2) is 255 Å². The largest absolute Gasteiger partial charge is 0.310 e. The monoisotopic (exact) mass is 802 g/mol. The van der Waals surface area contributed by atoms with E-state index in [-0.39, 0.29) is 0 Å². The van der Waals surface area contributed by atoms with Crippen LogP contribution in [0.25, 0.3) is 60.9 Å². The lowest BCUT2D eigenvalue weighted by molar-refractivity contribution is 0.768. The molecule has 11 aromatic rings. The van der Waals surface area contributed by atoms with E-state index in [1.807, 2.05) is 0 Å². The average Bonchev–Trinajstić information content (AvgIpc) is 3.85. The SMILES string of the molecule is c1ccc(-c2ccc(-n3c4ccccc4c4ccc(N(c5ccccc5)c5ccc6c(c5)C(c5ccccc5)(c5ccc(-c7ccccc7)cc5)c5ccccc5-6)cc43)cc2)cc1. The Bertz CT molecular complexity index is 3410. The number of nitrogens with zero attached hydrogens (tertiary/aromatic N) is 2. The first-order valence-corrected chi connectivity index (χ1v) is 21.8. The van der Waals surface area contributed by atoms with Crippen molar-refractivity contribution in [3.63, 3.8) is 0 Å². The summed E-state index contributed by atoms with van der Waals surface area (Å²) >= 11 is 0. The van der Waals surface area contributed by atoms with Crippen molar-refractivity contribution in [1.29, 1.82) is 0 Å². The molecule has 1 heterocycles. The summed E-state index contributed by atoms with van der Waals surface area (Å²) in [5.41, 5.74) is 18.6. The normalized spacial score (nSPS) is 14.1. The minimum atomic E-state index is -0.553.